The van der Waals surface area contributed by atoms with E-state index in [1.807, 2.05) is 69.3 Å². The fraction of sp³-hybridized carbons (Fsp3) is 0.364. The lowest BCUT2D eigenvalue weighted by Gasteiger charge is -2.41. The normalized spacial score (nSPS) is 16.4. The molecule has 2 aromatic carbocycles. The largest absolute Gasteiger partial charge is 0.598 e. The number of allylic oxidation sites excluding steroid dienone is 1. The van der Waals surface area contributed by atoms with E-state index < -0.39 is 21.6 Å². The lowest BCUT2D eigenvalue weighted by Crippen LogP contribution is -2.52. The summed E-state index contributed by atoms with van der Waals surface area (Å²) in [6.07, 6.45) is 2.59. The summed E-state index contributed by atoms with van der Waals surface area (Å²) in [6, 6.07) is 15.5. The molecule has 2 aromatic rings. The molecule has 146 valence electrons. The van der Waals surface area contributed by atoms with Crippen LogP contribution in [0.1, 0.15) is 51.2 Å². The number of benzene rings is 2. The monoisotopic (exact) mass is 423 g/mol. The molecule has 5 heteroatoms. The van der Waals surface area contributed by atoms with E-state index in [4.69, 9.17) is 23.2 Å². The Bertz CT molecular complexity index is 773. The van der Waals surface area contributed by atoms with Crippen molar-refractivity contribution in [1.29, 1.82) is 0 Å². The topological polar surface area (TPSA) is 35.1 Å². The molecular weight excluding hydrogens is 397 g/mol. The summed E-state index contributed by atoms with van der Waals surface area (Å²) in [5, 5.41) is 1.35. The molecule has 0 aliphatic heterocycles. The molecule has 0 heterocycles. The minimum Gasteiger partial charge on any atom is -0.598 e. The number of nitrogens with one attached hydrogen (secondary N) is 1. The van der Waals surface area contributed by atoms with Crippen molar-refractivity contribution in [2.45, 2.75) is 50.3 Å². The van der Waals surface area contributed by atoms with Crippen LogP contribution in [0, 0.1) is 0 Å². The SMILES string of the molecule is C=CCC(c1cccc(Cl)c1)C(C)(N[S@+]([O-])C(C)(C)C)c1ccc(Cl)cc1. The summed E-state index contributed by atoms with van der Waals surface area (Å²) in [5.41, 5.74) is 1.47. The van der Waals surface area contributed by atoms with Crippen molar-refractivity contribution < 1.29 is 4.55 Å². The van der Waals surface area contributed by atoms with E-state index in [0.29, 0.717) is 16.5 Å². The third kappa shape index (κ3) is 5.52. The van der Waals surface area contributed by atoms with Gasteiger partial charge in [0.1, 0.15) is 4.75 Å². The molecule has 27 heavy (non-hydrogen) atoms. The quantitative estimate of drug-likeness (QED) is 0.400. The lowest BCUT2D eigenvalue weighted by molar-refractivity contribution is 0.344. The van der Waals surface area contributed by atoms with Gasteiger partial charge in [0, 0.05) is 27.3 Å². The van der Waals surface area contributed by atoms with Gasteiger partial charge in [0.15, 0.2) is 0 Å². The summed E-state index contributed by atoms with van der Waals surface area (Å²) in [4.78, 5) is 0. The number of rotatable bonds is 7. The van der Waals surface area contributed by atoms with Crippen LogP contribution in [0.15, 0.2) is 61.2 Å². The average Bonchev–Trinajstić information content (AvgIpc) is 2.59. The van der Waals surface area contributed by atoms with Gasteiger partial charge in [-0.2, -0.15) is 0 Å². The van der Waals surface area contributed by atoms with Gasteiger partial charge in [0.2, 0.25) is 0 Å². The number of halogens is 2. The Morgan fingerprint density at radius 3 is 2.22 bits per heavy atom. The predicted octanol–water partition coefficient (Wildman–Crippen LogP) is 6.62. The molecular formula is C22H27Cl2NOS. The van der Waals surface area contributed by atoms with Crippen LogP contribution in [-0.4, -0.2) is 9.30 Å². The highest BCUT2D eigenvalue weighted by Crippen LogP contribution is 2.42. The Morgan fingerprint density at radius 1 is 1.07 bits per heavy atom. The average molecular weight is 424 g/mol. The first-order valence-corrected chi connectivity index (χ1v) is 10.8. The fourth-order valence-electron chi connectivity index (χ4n) is 3.07. The van der Waals surface area contributed by atoms with Crippen LogP contribution in [0.2, 0.25) is 10.0 Å². The molecule has 3 atom stereocenters. The maximum atomic E-state index is 13.0. The minimum atomic E-state index is -1.27. The molecule has 0 spiro atoms. The standard InChI is InChI=1S/C22H27Cl2NOS/c1-6-8-20(16-9-7-10-19(24)15-16)22(5,25-27(26)21(2,3)4)17-11-13-18(23)14-12-17/h6-7,9-15,20,25H,1,8H2,2-5H3/t20?,22?,27-/m1/s1. The maximum absolute atomic E-state index is 13.0. The summed E-state index contributed by atoms with van der Waals surface area (Å²) < 4.78 is 16.1. The van der Waals surface area contributed by atoms with Gasteiger partial charge >= 0.3 is 0 Å². The van der Waals surface area contributed by atoms with Crippen molar-refractivity contribution in [3.63, 3.8) is 0 Å². The third-order valence-corrected chi connectivity index (χ3v) is 6.86. The molecule has 0 saturated carbocycles. The summed E-state index contributed by atoms with van der Waals surface area (Å²) in [6.45, 7) is 11.9. The van der Waals surface area contributed by atoms with E-state index in [2.05, 4.69) is 24.3 Å². The first kappa shape index (κ1) is 22.3. The molecule has 0 aliphatic carbocycles. The smallest absolute Gasteiger partial charge is 0.136 e. The minimum absolute atomic E-state index is 0.0128. The summed E-state index contributed by atoms with van der Waals surface area (Å²) in [7, 11) is 0. The van der Waals surface area contributed by atoms with E-state index in [1.165, 1.54) is 0 Å². The van der Waals surface area contributed by atoms with Gasteiger partial charge in [-0.05, 0) is 69.5 Å². The second-order valence-electron chi connectivity index (χ2n) is 7.82. The molecule has 0 saturated heterocycles. The molecule has 2 unspecified atom stereocenters. The molecule has 2 rings (SSSR count). The van der Waals surface area contributed by atoms with E-state index in [9.17, 15) is 4.55 Å². The Labute approximate surface area is 176 Å². The second-order valence-corrected chi connectivity index (χ2v) is 10.7. The molecule has 0 aliphatic rings. The molecule has 0 aromatic heterocycles. The van der Waals surface area contributed by atoms with Crippen molar-refractivity contribution in [3.8, 4) is 0 Å². The van der Waals surface area contributed by atoms with Crippen molar-refractivity contribution in [3.05, 3.63) is 82.4 Å². The van der Waals surface area contributed by atoms with E-state index in [0.717, 1.165) is 11.1 Å². The highest BCUT2D eigenvalue weighted by molar-refractivity contribution is 7.90. The van der Waals surface area contributed by atoms with Crippen molar-refractivity contribution >= 4 is 34.6 Å². The Hall–Kier alpha value is -0.970. The van der Waals surface area contributed by atoms with Gasteiger partial charge in [0.25, 0.3) is 0 Å². The zero-order valence-corrected chi connectivity index (χ0v) is 18.6. The van der Waals surface area contributed by atoms with Crippen LogP contribution in [0.5, 0.6) is 0 Å². The first-order valence-electron chi connectivity index (χ1n) is 8.90. The number of hydrogen-bond donors (Lipinski definition) is 1. The highest BCUT2D eigenvalue weighted by Gasteiger charge is 2.43. The van der Waals surface area contributed by atoms with Gasteiger partial charge in [-0.1, -0.05) is 53.5 Å². The Balaban J connectivity index is 2.60. The first-order chi connectivity index (χ1) is 12.6. The van der Waals surface area contributed by atoms with E-state index >= 15 is 0 Å². The third-order valence-electron chi connectivity index (χ3n) is 4.66. The highest BCUT2D eigenvalue weighted by atomic mass is 35.5. The van der Waals surface area contributed by atoms with Crippen LogP contribution >= 0.6 is 23.2 Å². The maximum Gasteiger partial charge on any atom is 0.136 e. The van der Waals surface area contributed by atoms with Crippen molar-refractivity contribution in [1.82, 2.24) is 4.72 Å². The van der Waals surface area contributed by atoms with Gasteiger partial charge in [-0.15, -0.1) is 11.3 Å². The summed E-state index contributed by atoms with van der Waals surface area (Å²) >= 11 is 11.1. The second kappa shape index (κ2) is 9.02. The van der Waals surface area contributed by atoms with Gasteiger partial charge in [-0.3, -0.25) is 0 Å². The predicted molar refractivity (Wildman–Crippen MR) is 119 cm³/mol. The molecule has 0 fully saturated rings. The molecule has 0 amide bonds. The number of hydrogen-bond acceptors (Lipinski definition) is 2. The molecule has 0 bridgehead atoms. The van der Waals surface area contributed by atoms with Gasteiger partial charge < -0.3 is 4.55 Å². The van der Waals surface area contributed by atoms with E-state index in [-0.39, 0.29) is 5.92 Å². The lowest BCUT2D eigenvalue weighted by atomic mass is 9.75. The van der Waals surface area contributed by atoms with Gasteiger partial charge in [0.05, 0.1) is 5.54 Å². The molecule has 0 radical (unpaired) electrons. The van der Waals surface area contributed by atoms with Gasteiger partial charge in [-0.25, -0.2) is 0 Å². The van der Waals surface area contributed by atoms with Crippen LogP contribution in [0.4, 0.5) is 0 Å². The van der Waals surface area contributed by atoms with Crippen LogP contribution in [0.25, 0.3) is 0 Å². The van der Waals surface area contributed by atoms with Crippen LogP contribution in [0.3, 0.4) is 0 Å². The zero-order valence-electron chi connectivity index (χ0n) is 16.3. The van der Waals surface area contributed by atoms with Crippen LogP contribution in [-0.2, 0) is 16.9 Å². The summed E-state index contributed by atoms with van der Waals surface area (Å²) in [5.74, 6) is -0.0128. The van der Waals surface area contributed by atoms with Crippen LogP contribution < -0.4 is 4.72 Å². The Kier molecular flexibility index (Phi) is 7.46. The Morgan fingerprint density at radius 2 is 1.70 bits per heavy atom. The zero-order chi connectivity index (χ0) is 20.2. The molecule has 2 nitrogen and oxygen atoms in total. The molecule has 1 N–H and O–H groups in total. The van der Waals surface area contributed by atoms with Crippen molar-refractivity contribution in [2.75, 3.05) is 0 Å². The fourth-order valence-corrected chi connectivity index (χ4v) is 4.34. The van der Waals surface area contributed by atoms with Crippen molar-refractivity contribution in [2.24, 2.45) is 0 Å². The van der Waals surface area contributed by atoms with E-state index in [1.54, 1.807) is 0 Å².